The second kappa shape index (κ2) is 6.50. The zero-order valence-corrected chi connectivity index (χ0v) is 13.6. The van der Waals surface area contributed by atoms with Crippen molar-refractivity contribution in [2.45, 2.75) is 13.8 Å². The van der Waals surface area contributed by atoms with Crippen molar-refractivity contribution >= 4 is 17.4 Å². The predicted molar refractivity (Wildman–Crippen MR) is 95.2 cm³/mol. The molecule has 5 heteroatoms. The van der Waals surface area contributed by atoms with Crippen LogP contribution in [0.1, 0.15) is 21.5 Å². The molecule has 0 unspecified atom stereocenters. The van der Waals surface area contributed by atoms with E-state index in [2.05, 4.69) is 21.4 Å². The first-order valence-electron chi connectivity index (χ1n) is 7.60. The summed E-state index contributed by atoms with van der Waals surface area (Å²) in [6.07, 6.45) is 1.46. The van der Waals surface area contributed by atoms with Gasteiger partial charge in [-0.15, -0.1) is 0 Å². The number of benzene rings is 2. The van der Waals surface area contributed by atoms with Crippen LogP contribution in [0.4, 0.5) is 11.5 Å². The van der Waals surface area contributed by atoms with Crippen molar-refractivity contribution < 1.29 is 4.79 Å². The normalized spacial score (nSPS) is 10.4. The van der Waals surface area contributed by atoms with Crippen LogP contribution >= 0.6 is 0 Å². The maximum Gasteiger partial charge on any atom is 0.254 e. The summed E-state index contributed by atoms with van der Waals surface area (Å²) in [4.78, 5) is 20.4. The predicted octanol–water partition coefficient (Wildman–Crippen LogP) is 3.60. The third kappa shape index (κ3) is 3.41. The minimum atomic E-state index is -0.568. The number of nitrogens with one attached hydrogen (secondary N) is 1. The summed E-state index contributed by atoms with van der Waals surface area (Å²) in [5, 5.41) is 3.19. The van der Waals surface area contributed by atoms with Crippen molar-refractivity contribution in [2.24, 2.45) is 5.73 Å². The fourth-order valence-corrected chi connectivity index (χ4v) is 2.57. The lowest BCUT2D eigenvalue weighted by atomic mass is 10.1. The molecule has 0 fully saturated rings. The van der Waals surface area contributed by atoms with Gasteiger partial charge in [0.25, 0.3) is 5.91 Å². The Morgan fingerprint density at radius 1 is 1.04 bits per heavy atom. The number of rotatable bonds is 4. The Hall–Kier alpha value is -3.21. The molecule has 0 atom stereocenters. The summed E-state index contributed by atoms with van der Waals surface area (Å²) in [6, 6.07) is 15.6. The second-order valence-electron chi connectivity index (χ2n) is 5.69. The van der Waals surface area contributed by atoms with E-state index in [0.29, 0.717) is 11.6 Å². The number of carbonyl (C=O) groups excluding carboxylic acids is 1. The molecule has 0 bridgehead atoms. The average molecular weight is 318 g/mol. The average Bonchev–Trinajstić information content (AvgIpc) is 2.54. The number of aromatic nitrogens is 2. The Labute approximate surface area is 140 Å². The van der Waals surface area contributed by atoms with Crippen molar-refractivity contribution in [3.63, 3.8) is 0 Å². The van der Waals surface area contributed by atoms with Crippen LogP contribution < -0.4 is 11.1 Å². The van der Waals surface area contributed by atoms with Crippen LogP contribution in [0.2, 0.25) is 0 Å². The number of nitrogens with two attached hydrogens (primary N) is 1. The molecule has 120 valence electrons. The largest absolute Gasteiger partial charge is 0.365 e. The number of hydrogen-bond acceptors (Lipinski definition) is 4. The van der Waals surface area contributed by atoms with E-state index >= 15 is 0 Å². The van der Waals surface area contributed by atoms with E-state index in [4.69, 9.17) is 5.73 Å². The van der Waals surface area contributed by atoms with Crippen LogP contribution in [0.15, 0.2) is 54.7 Å². The number of aryl methyl sites for hydroxylation is 2. The molecular weight excluding hydrogens is 300 g/mol. The van der Waals surface area contributed by atoms with Crippen LogP contribution in [0.25, 0.3) is 11.4 Å². The highest BCUT2D eigenvalue weighted by Crippen LogP contribution is 2.23. The third-order valence-electron chi connectivity index (χ3n) is 3.57. The van der Waals surface area contributed by atoms with Gasteiger partial charge in [0.05, 0.1) is 0 Å². The van der Waals surface area contributed by atoms with Gasteiger partial charge in [0.1, 0.15) is 11.4 Å². The molecule has 0 saturated heterocycles. The molecule has 2 aromatic carbocycles. The number of anilines is 2. The lowest BCUT2D eigenvalue weighted by Crippen LogP contribution is -2.15. The highest BCUT2D eigenvalue weighted by molar-refractivity contribution is 5.98. The third-order valence-corrected chi connectivity index (χ3v) is 3.57. The van der Waals surface area contributed by atoms with Crippen molar-refractivity contribution in [1.29, 1.82) is 0 Å². The van der Waals surface area contributed by atoms with Gasteiger partial charge < -0.3 is 11.1 Å². The van der Waals surface area contributed by atoms with E-state index in [9.17, 15) is 4.79 Å². The van der Waals surface area contributed by atoms with Gasteiger partial charge in [-0.2, -0.15) is 0 Å². The summed E-state index contributed by atoms with van der Waals surface area (Å²) in [5.74, 6) is 0.371. The van der Waals surface area contributed by atoms with E-state index in [-0.39, 0.29) is 5.56 Å². The molecule has 1 aromatic heterocycles. The molecule has 24 heavy (non-hydrogen) atoms. The van der Waals surface area contributed by atoms with E-state index in [1.165, 1.54) is 6.20 Å². The first kappa shape index (κ1) is 15.7. The molecule has 0 aliphatic heterocycles. The van der Waals surface area contributed by atoms with Crippen LogP contribution in [0, 0.1) is 13.8 Å². The van der Waals surface area contributed by atoms with E-state index < -0.39 is 5.91 Å². The molecule has 5 nitrogen and oxygen atoms in total. The number of primary amides is 1. The number of carbonyl (C=O) groups is 1. The second-order valence-corrected chi connectivity index (χ2v) is 5.69. The number of amides is 1. The fraction of sp³-hybridized carbons (Fsp3) is 0.105. The molecule has 1 amide bonds. The molecule has 1 heterocycles. The van der Waals surface area contributed by atoms with Gasteiger partial charge in [0.15, 0.2) is 5.82 Å². The van der Waals surface area contributed by atoms with Crippen LogP contribution in [0.5, 0.6) is 0 Å². The Morgan fingerprint density at radius 2 is 1.71 bits per heavy atom. The molecule has 0 aliphatic carbocycles. The summed E-state index contributed by atoms with van der Waals surface area (Å²) in [7, 11) is 0. The van der Waals surface area contributed by atoms with E-state index in [0.717, 1.165) is 22.4 Å². The molecule has 3 N–H and O–H groups in total. The molecule has 0 radical (unpaired) electrons. The summed E-state index contributed by atoms with van der Waals surface area (Å²) >= 11 is 0. The maximum atomic E-state index is 11.7. The van der Waals surface area contributed by atoms with Crippen molar-refractivity contribution in [2.75, 3.05) is 5.32 Å². The van der Waals surface area contributed by atoms with Gasteiger partial charge in [0, 0.05) is 17.4 Å². The zero-order chi connectivity index (χ0) is 17.1. The topological polar surface area (TPSA) is 80.9 Å². The first-order chi connectivity index (χ1) is 11.5. The zero-order valence-electron chi connectivity index (χ0n) is 13.6. The molecule has 0 aliphatic rings. The minimum Gasteiger partial charge on any atom is -0.365 e. The van der Waals surface area contributed by atoms with Crippen LogP contribution in [-0.4, -0.2) is 15.9 Å². The van der Waals surface area contributed by atoms with Gasteiger partial charge in [-0.3, -0.25) is 4.79 Å². The van der Waals surface area contributed by atoms with Gasteiger partial charge >= 0.3 is 0 Å². The lowest BCUT2D eigenvalue weighted by molar-refractivity contribution is 0.100. The standard InChI is InChI=1S/C19H18N4O/c1-12-8-13(2)10-15(9-12)22-19-16(17(20)24)11-21-18(23-19)14-6-4-3-5-7-14/h3-11H,1-2H3,(H2,20,24)(H,21,22,23). The Bertz CT molecular complexity index is 871. The van der Waals surface area contributed by atoms with Crippen molar-refractivity contribution in [1.82, 2.24) is 9.97 Å². The SMILES string of the molecule is Cc1cc(C)cc(Nc2nc(-c3ccccc3)ncc2C(N)=O)c1. The highest BCUT2D eigenvalue weighted by atomic mass is 16.1. The van der Waals surface area contributed by atoms with Gasteiger partial charge in [-0.1, -0.05) is 36.4 Å². The first-order valence-corrected chi connectivity index (χ1v) is 7.60. The monoisotopic (exact) mass is 318 g/mol. The highest BCUT2D eigenvalue weighted by Gasteiger charge is 2.13. The summed E-state index contributed by atoms with van der Waals surface area (Å²) in [6.45, 7) is 4.03. The van der Waals surface area contributed by atoms with Crippen molar-refractivity contribution in [3.8, 4) is 11.4 Å². The Morgan fingerprint density at radius 3 is 2.33 bits per heavy atom. The lowest BCUT2D eigenvalue weighted by Gasteiger charge is -2.12. The van der Waals surface area contributed by atoms with Crippen molar-refractivity contribution in [3.05, 3.63) is 71.4 Å². The van der Waals surface area contributed by atoms with Crippen LogP contribution in [0.3, 0.4) is 0 Å². The van der Waals surface area contributed by atoms with E-state index in [1.54, 1.807) is 0 Å². The maximum absolute atomic E-state index is 11.7. The summed E-state index contributed by atoms with van der Waals surface area (Å²) < 4.78 is 0. The minimum absolute atomic E-state index is 0.258. The smallest absolute Gasteiger partial charge is 0.254 e. The molecule has 0 spiro atoms. The number of hydrogen-bond donors (Lipinski definition) is 2. The Balaban J connectivity index is 2.05. The quantitative estimate of drug-likeness (QED) is 0.770. The fourth-order valence-electron chi connectivity index (χ4n) is 2.57. The molecule has 3 rings (SSSR count). The Kier molecular flexibility index (Phi) is 4.24. The van der Waals surface area contributed by atoms with Crippen LogP contribution in [-0.2, 0) is 0 Å². The van der Waals surface area contributed by atoms with E-state index in [1.807, 2.05) is 56.3 Å². The number of nitrogens with zero attached hydrogens (tertiary/aromatic N) is 2. The molecular formula is C19H18N4O. The molecule has 3 aromatic rings. The van der Waals surface area contributed by atoms with Gasteiger partial charge in [-0.05, 0) is 37.1 Å². The summed E-state index contributed by atoms with van der Waals surface area (Å²) in [5.41, 5.74) is 9.68. The van der Waals surface area contributed by atoms with Gasteiger partial charge in [-0.25, -0.2) is 9.97 Å². The molecule has 0 saturated carbocycles. The van der Waals surface area contributed by atoms with Gasteiger partial charge in [0.2, 0.25) is 0 Å².